The summed E-state index contributed by atoms with van der Waals surface area (Å²) >= 11 is 0. The minimum absolute atomic E-state index is 0.0701. The van der Waals surface area contributed by atoms with Crippen molar-refractivity contribution in [2.24, 2.45) is 0 Å². The summed E-state index contributed by atoms with van der Waals surface area (Å²) in [6.45, 7) is 4.31. The Kier molecular flexibility index (Phi) is 5.22. The van der Waals surface area contributed by atoms with E-state index >= 15 is 0 Å². The molecule has 0 bridgehead atoms. The zero-order valence-electron chi connectivity index (χ0n) is 16.7. The van der Waals surface area contributed by atoms with Gasteiger partial charge in [-0.2, -0.15) is 5.10 Å². The molecule has 1 fully saturated rings. The molecule has 0 aliphatic carbocycles. The predicted octanol–water partition coefficient (Wildman–Crippen LogP) is 3.33. The average molecular weight is 407 g/mol. The number of benzene rings is 2. The lowest BCUT2D eigenvalue weighted by Gasteiger charge is -2.35. The molecule has 154 valence electrons. The van der Waals surface area contributed by atoms with Gasteiger partial charge < -0.3 is 15.5 Å². The Hall–Kier alpha value is -3.68. The second-order valence-corrected chi connectivity index (χ2v) is 7.13. The molecule has 0 unspecified atom stereocenters. The minimum atomic E-state index is -0.858. The molecule has 1 aliphatic heterocycles. The van der Waals surface area contributed by atoms with Crippen molar-refractivity contribution in [3.05, 3.63) is 77.4 Å². The summed E-state index contributed by atoms with van der Waals surface area (Å²) in [5.41, 5.74) is 3.02. The first-order valence-corrected chi connectivity index (χ1v) is 9.69. The van der Waals surface area contributed by atoms with Crippen molar-refractivity contribution in [3.8, 4) is 5.69 Å². The zero-order valence-corrected chi connectivity index (χ0v) is 16.7. The number of aromatic nitrogens is 2. The smallest absolute Gasteiger partial charge is 0.322 e. The molecule has 30 heavy (non-hydrogen) atoms. The maximum atomic E-state index is 14.0. The van der Waals surface area contributed by atoms with Crippen molar-refractivity contribution in [1.29, 1.82) is 0 Å². The normalized spacial score (nSPS) is 16.3. The molecule has 1 saturated heterocycles. The van der Waals surface area contributed by atoms with E-state index in [0.29, 0.717) is 24.3 Å². The number of hydrogen-bond donors (Lipinski definition) is 2. The minimum Gasteiger partial charge on any atom is -0.352 e. The van der Waals surface area contributed by atoms with Gasteiger partial charge in [-0.25, -0.2) is 13.9 Å². The number of carbonyl (C=O) groups excluding carboxylic acids is 2. The van der Waals surface area contributed by atoms with Crippen LogP contribution >= 0.6 is 0 Å². The highest BCUT2D eigenvalue weighted by Gasteiger charge is 2.38. The molecule has 4 rings (SSSR count). The van der Waals surface area contributed by atoms with Crippen molar-refractivity contribution < 1.29 is 14.0 Å². The number of urea groups is 1. The molecule has 1 atom stereocenters. The third-order valence-electron chi connectivity index (χ3n) is 5.21. The molecule has 2 aromatic carbocycles. The average Bonchev–Trinajstić information content (AvgIpc) is 3.04. The number of nitrogens with one attached hydrogen (secondary N) is 2. The van der Waals surface area contributed by atoms with Crippen LogP contribution in [0.2, 0.25) is 0 Å². The summed E-state index contributed by atoms with van der Waals surface area (Å²) in [5, 5.41) is 10.0. The van der Waals surface area contributed by atoms with Gasteiger partial charge in [-0.3, -0.25) is 4.79 Å². The van der Waals surface area contributed by atoms with Crippen LogP contribution in [0.1, 0.15) is 23.0 Å². The number of aryl methyl sites for hydroxylation is 1. The van der Waals surface area contributed by atoms with E-state index in [1.807, 2.05) is 44.2 Å². The van der Waals surface area contributed by atoms with Crippen LogP contribution in [0.4, 0.5) is 14.9 Å². The Morgan fingerprint density at radius 2 is 1.83 bits per heavy atom. The van der Waals surface area contributed by atoms with Gasteiger partial charge in [-0.15, -0.1) is 0 Å². The highest BCUT2D eigenvalue weighted by molar-refractivity contribution is 5.95. The largest absolute Gasteiger partial charge is 0.352 e. The van der Waals surface area contributed by atoms with Gasteiger partial charge in [-0.05, 0) is 38.1 Å². The van der Waals surface area contributed by atoms with Crippen LogP contribution < -0.4 is 10.6 Å². The summed E-state index contributed by atoms with van der Waals surface area (Å²) in [6.07, 6.45) is 0. The molecule has 3 aromatic rings. The van der Waals surface area contributed by atoms with Crippen molar-refractivity contribution >= 4 is 17.6 Å². The molecule has 7 nitrogen and oxygen atoms in total. The summed E-state index contributed by atoms with van der Waals surface area (Å²) in [7, 11) is 0. The third kappa shape index (κ3) is 3.52. The van der Waals surface area contributed by atoms with Crippen LogP contribution in [0.25, 0.3) is 5.69 Å². The van der Waals surface area contributed by atoms with E-state index in [1.54, 1.807) is 16.8 Å². The fourth-order valence-electron chi connectivity index (χ4n) is 3.79. The molecular formula is C22H22FN5O2. The number of amides is 3. The first-order chi connectivity index (χ1) is 14.5. The van der Waals surface area contributed by atoms with E-state index in [9.17, 15) is 14.0 Å². The second kappa shape index (κ2) is 7.98. The molecule has 0 saturated carbocycles. The molecule has 8 heteroatoms. The van der Waals surface area contributed by atoms with Crippen molar-refractivity contribution in [1.82, 2.24) is 20.0 Å². The van der Waals surface area contributed by atoms with E-state index in [1.165, 1.54) is 17.0 Å². The maximum Gasteiger partial charge on any atom is 0.322 e. The van der Waals surface area contributed by atoms with Crippen LogP contribution in [0.5, 0.6) is 0 Å². The fourth-order valence-corrected chi connectivity index (χ4v) is 3.79. The Labute approximate surface area is 173 Å². The van der Waals surface area contributed by atoms with Crippen LogP contribution in [-0.2, 0) is 4.79 Å². The van der Waals surface area contributed by atoms with Crippen LogP contribution in [0.15, 0.2) is 54.6 Å². The lowest BCUT2D eigenvalue weighted by molar-refractivity contribution is -0.127. The van der Waals surface area contributed by atoms with Gasteiger partial charge in [0.1, 0.15) is 11.9 Å². The second-order valence-electron chi connectivity index (χ2n) is 7.13. The number of anilines is 1. The summed E-state index contributed by atoms with van der Waals surface area (Å²) in [5.74, 6) is -0.822. The third-order valence-corrected chi connectivity index (χ3v) is 5.21. The summed E-state index contributed by atoms with van der Waals surface area (Å²) in [4.78, 5) is 27.3. The SMILES string of the molecule is Cc1nn(-c2ccccc2)c(C)c1[C@@H]1C(=O)NCCN1C(=O)Nc1ccccc1F. The van der Waals surface area contributed by atoms with Gasteiger partial charge in [0, 0.05) is 24.3 Å². The molecule has 2 N–H and O–H groups in total. The van der Waals surface area contributed by atoms with Crippen molar-refractivity contribution in [2.45, 2.75) is 19.9 Å². The first-order valence-electron chi connectivity index (χ1n) is 9.69. The first kappa shape index (κ1) is 19.6. The molecule has 2 heterocycles. The van der Waals surface area contributed by atoms with Gasteiger partial charge in [0.15, 0.2) is 0 Å². The number of para-hydroxylation sites is 2. The van der Waals surface area contributed by atoms with Gasteiger partial charge in [-0.1, -0.05) is 30.3 Å². The van der Waals surface area contributed by atoms with Crippen LogP contribution in [0.3, 0.4) is 0 Å². The fraction of sp³-hybridized carbons (Fsp3) is 0.227. The number of halogens is 1. The Bertz CT molecular complexity index is 1100. The van der Waals surface area contributed by atoms with Crippen molar-refractivity contribution in [3.63, 3.8) is 0 Å². The lowest BCUT2D eigenvalue weighted by atomic mass is 10.0. The van der Waals surface area contributed by atoms with Crippen LogP contribution in [-0.4, -0.2) is 39.7 Å². The molecule has 1 aromatic heterocycles. The predicted molar refractivity (Wildman–Crippen MR) is 111 cm³/mol. The summed E-state index contributed by atoms with van der Waals surface area (Å²) < 4.78 is 15.8. The standard InChI is InChI=1S/C22H22FN5O2/c1-14-19(15(2)28(26-14)16-8-4-3-5-9-16)20-21(29)24-12-13-27(20)22(30)25-18-11-7-6-10-17(18)23/h3-11,20H,12-13H2,1-2H3,(H,24,29)(H,25,30)/t20-/m1/s1. The highest BCUT2D eigenvalue weighted by Crippen LogP contribution is 2.31. The van der Waals surface area contributed by atoms with E-state index in [2.05, 4.69) is 15.7 Å². The van der Waals surface area contributed by atoms with E-state index in [4.69, 9.17) is 0 Å². The summed E-state index contributed by atoms with van der Waals surface area (Å²) in [6, 6.07) is 14.1. The zero-order chi connectivity index (χ0) is 21.3. The Morgan fingerprint density at radius 3 is 2.57 bits per heavy atom. The molecule has 0 spiro atoms. The van der Waals surface area contributed by atoms with E-state index in [0.717, 1.165) is 11.4 Å². The molecular weight excluding hydrogens is 385 g/mol. The number of nitrogens with zero attached hydrogens (tertiary/aromatic N) is 3. The van der Waals surface area contributed by atoms with Gasteiger partial charge in [0.2, 0.25) is 5.91 Å². The quantitative estimate of drug-likeness (QED) is 0.699. The monoisotopic (exact) mass is 407 g/mol. The number of piperazine rings is 1. The maximum absolute atomic E-state index is 14.0. The number of rotatable bonds is 3. The lowest BCUT2D eigenvalue weighted by Crippen LogP contribution is -2.53. The topological polar surface area (TPSA) is 79.3 Å². The molecule has 3 amide bonds. The van der Waals surface area contributed by atoms with Gasteiger partial charge in [0.05, 0.1) is 17.1 Å². The van der Waals surface area contributed by atoms with E-state index < -0.39 is 17.9 Å². The number of carbonyl (C=O) groups is 2. The number of hydrogen-bond acceptors (Lipinski definition) is 3. The highest BCUT2D eigenvalue weighted by atomic mass is 19.1. The van der Waals surface area contributed by atoms with E-state index in [-0.39, 0.29) is 11.6 Å². The molecule has 1 aliphatic rings. The Balaban J connectivity index is 1.71. The van der Waals surface area contributed by atoms with Crippen molar-refractivity contribution in [2.75, 3.05) is 18.4 Å². The Morgan fingerprint density at radius 1 is 1.13 bits per heavy atom. The van der Waals surface area contributed by atoms with Crippen LogP contribution in [0, 0.1) is 19.7 Å². The molecule has 0 radical (unpaired) electrons. The van der Waals surface area contributed by atoms with Gasteiger partial charge >= 0.3 is 6.03 Å². The van der Waals surface area contributed by atoms with Gasteiger partial charge in [0.25, 0.3) is 0 Å².